The highest BCUT2D eigenvalue weighted by Crippen LogP contribution is 2.23. The molecule has 0 atom stereocenters. The van der Waals surface area contributed by atoms with E-state index < -0.39 is 11.7 Å². The summed E-state index contributed by atoms with van der Waals surface area (Å²) in [6.07, 6.45) is 3.35. The zero-order chi connectivity index (χ0) is 14.8. The number of carbonyl (C=O) groups is 1. The molecule has 2 aromatic carbocycles. The van der Waals surface area contributed by atoms with Crippen molar-refractivity contribution in [3.05, 3.63) is 70.7 Å². The summed E-state index contributed by atoms with van der Waals surface area (Å²) in [4.78, 5) is 16.3. The fourth-order valence-electron chi connectivity index (χ4n) is 2.08. The molecule has 3 nitrogen and oxygen atoms in total. The van der Waals surface area contributed by atoms with Crippen LogP contribution < -0.4 is 5.32 Å². The van der Waals surface area contributed by atoms with Crippen LogP contribution in [0.4, 0.5) is 10.1 Å². The molecule has 21 heavy (non-hydrogen) atoms. The van der Waals surface area contributed by atoms with E-state index in [1.807, 2.05) is 18.2 Å². The van der Waals surface area contributed by atoms with Gasteiger partial charge in [-0.05, 0) is 35.7 Å². The summed E-state index contributed by atoms with van der Waals surface area (Å²) < 4.78 is 14.4. The number of halogens is 2. The number of carbonyl (C=O) groups excluding carboxylic acids is 1. The quantitative estimate of drug-likeness (QED) is 0.749. The van der Waals surface area contributed by atoms with Gasteiger partial charge in [-0.3, -0.25) is 9.78 Å². The number of nitrogens with one attached hydrogen (secondary N) is 1. The summed E-state index contributed by atoms with van der Waals surface area (Å²) in [6.45, 7) is 0. The monoisotopic (exact) mass is 344 g/mol. The van der Waals surface area contributed by atoms with Crippen molar-refractivity contribution in [1.82, 2.24) is 4.98 Å². The second-order valence-corrected chi connectivity index (χ2v) is 5.40. The first-order chi connectivity index (χ1) is 10.1. The van der Waals surface area contributed by atoms with Crippen LogP contribution in [0, 0.1) is 5.82 Å². The summed E-state index contributed by atoms with van der Waals surface area (Å²) in [5, 5.41) is 4.49. The van der Waals surface area contributed by atoms with E-state index in [1.54, 1.807) is 24.5 Å². The fraction of sp³-hybridized carbons (Fsp3) is 0. The second kappa shape index (κ2) is 5.61. The number of benzene rings is 2. The van der Waals surface area contributed by atoms with Gasteiger partial charge >= 0.3 is 0 Å². The topological polar surface area (TPSA) is 42.0 Å². The molecular weight excluding hydrogens is 335 g/mol. The van der Waals surface area contributed by atoms with Crippen LogP contribution in [0.15, 0.2) is 59.3 Å². The first-order valence-corrected chi connectivity index (χ1v) is 7.03. The molecular formula is C16H10BrFN2O. The Balaban J connectivity index is 1.99. The molecule has 0 spiro atoms. The van der Waals surface area contributed by atoms with Gasteiger partial charge in [-0.1, -0.05) is 28.1 Å². The van der Waals surface area contributed by atoms with Crippen molar-refractivity contribution in [3.63, 3.8) is 0 Å². The largest absolute Gasteiger partial charge is 0.321 e. The number of amides is 1. The molecule has 1 heterocycles. The average Bonchev–Trinajstić information content (AvgIpc) is 2.50. The minimum absolute atomic E-state index is 0.00901. The Morgan fingerprint density at radius 2 is 2.05 bits per heavy atom. The van der Waals surface area contributed by atoms with Crippen LogP contribution in [0.25, 0.3) is 10.8 Å². The van der Waals surface area contributed by atoms with E-state index in [4.69, 9.17) is 0 Å². The van der Waals surface area contributed by atoms with Gasteiger partial charge in [-0.15, -0.1) is 0 Å². The number of anilines is 1. The molecule has 1 amide bonds. The molecule has 1 aromatic heterocycles. The molecule has 1 N–H and O–H groups in total. The molecule has 0 bridgehead atoms. The minimum atomic E-state index is -0.561. The lowest BCUT2D eigenvalue weighted by molar-refractivity contribution is 0.102. The first-order valence-electron chi connectivity index (χ1n) is 6.24. The Kier molecular flexibility index (Phi) is 3.66. The Bertz CT molecular complexity index is 830. The van der Waals surface area contributed by atoms with Gasteiger partial charge in [-0.25, -0.2) is 4.39 Å². The number of aromatic nitrogens is 1. The SMILES string of the molecule is O=C(Nc1cccc2ccncc12)c1cc(Br)ccc1F. The maximum atomic E-state index is 13.7. The average molecular weight is 345 g/mol. The lowest BCUT2D eigenvalue weighted by Crippen LogP contribution is -2.14. The van der Waals surface area contributed by atoms with Crippen LogP contribution in [0.3, 0.4) is 0 Å². The predicted molar refractivity (Wildman–Crippen MR) is 83.8 cm³/mol. The standard InChI is InChI=1S/C16H10BrFN2O/c17-11-4-5-14(18)12(8-11)16(21)20-15-3-1-2-10-6-7-19-9-13(10)15/h1-9H,(H,20,21). The summed E-state index contributed by atoms with van der Waals surface area (Å²) in [7, 11) is 0. The van der Waals surface area contributed by atoms with Gasteiger partial charge in [0, 0.05) is 22.3 Å². The van der Waals surface area contributed by atoms with E-state index in [0.29, 0.717) is 10.2 Å². The summed E-state index contributed by atoms with van der Waals surface area (Å²) in [5.41, 5.74) is 0.593. The molecule has 0 radical (unpaired) electrons. The number of hydrogen-bond acceptors (Lipinski definition) is 2. The van der Waals surface area contributed by atoms with E-state index in [2.05, 4.69) is 26.2 Å². The van der Waals surface area contributed by atoms with Crippen LogP contribution in [0.5, 0.6) is 0 Å². The van der Waals surface area contributed by atoms with Gasteiger partial charge in [0.05, 0.1) is 11.3 Å². The molecule has 0 saturated carbocycles. The van der Waals surface area contributed by atoms with Gasteiger partial charge < -0.3 is 5.32 Å². The summed E-state index contributed by atoms with van der Waals surface area (Å²) >= 11 is 3.23. The zero-order valence-electron chi connectivity index (χ0n) is 10.8. The first kappa shape index (κ1) is 13.7. The maximum Gasteiger partial charge on any atom is 0.258 e. The molecule has 0 unspecified atom stereocenters. The van der Waals surface area contributed by atoms with E-state index >= 15 is 0 Å². The molecule has 0 aliphatic carbocycles. The minimum Gasteiger partial charge on any atom is -0.321 e. The van der Waals surface area contributed by atoms with Crippen LogP contribution >= 0.6 is 15.9 Å². The smallest absolute Gasteiger partial charge is 0.258 e. The molecule has 0 saturated heterocycles. The zero-order valence-corrected chi connectivity index (χ0v) is 12.4. The van der Waals surface area contributed by atoms with Crippen molar-refractivity contribution in [2.24, 2.45) is 0 Å². The molecule has 0 aliphatic rings. The Morgan fingerprint density at radius 1 is 1.19 bits per heavy atom. The summed E-state index contributed by atoms with van der Waals surface area (Å²) in [6, 6.07) is 11.6. The lowest BCUT2D eigenvalue weighted by Gasteiger charge is -2.09. The Morgan fingerprint density at radius 3 is 2.90 bits per heavy atom. The molecule has 0 aliphatic heterocycles. The number of pyridine rings is 1. The normalized spacial score (nSPS) is 10.6. The highest BCUT2D eigenvalue weighted by atomic mass is 79.9. The molecule has 0 fully saturated rings. The number of nitrogens with zero attached hydrogens (tertiary/aromatic N) is 1. The third-order valence-electron chi connectivity index (χ3n) is 3.10. The van der Waals surface area contributed by atoms with Gasteiger partial charge in [-0.2, -0.15) is 0 Å². The van der Waals surface area contributed by atoms with Crippen molar-refractivity contribution >= 4 is 38.3 Å². The maximum absolute atomic E-state index is 13.7. The second-order valence-electron chi connectivity index (χ2n) is 4.48. The van der Waals surface area contributed by atoms with Crippen LogP contribution in [0.2, 0.25) is 0 Å². The van der Waals surface area contributed by atoms with Crippen molar-refractivity contribution in [3.8, 4) is 0 Å². The third-order valence-corrected chi connectivity index (χ3v) is 3.60. The molecule has 104 valence electrons. The van der Waals surface area contributed by atoms with Gasteiger partial charge in [0.1, 0.15) is 5.82 Å². The van der Waals surface area contributed by atoms with E-state index in [-0.39, 0.29) is 5.56 Å². The molecule has 3 aromatic rings. The van der Waals surface area contributed by atoms with E-state index in [9.17, 15) is 9.18 Å². The number of fused-ring (bicyclic) bond motifs is 1. The molecule has 5 heteroatoms. The number of hydrogen-bond donors (Lipinski definition) is 1. The van der Waals surface area contributed by atoms with Crippen LogP contribution in [-0.4, -0.2) is 10.9 Å². The van der Waals surface area contributed by atoms with Crippen LogP contribution in [-0.2, 0) is 0 Å². The van der Waals surface area contributed by atoms with Crippen molar-refractivity contribution in [2.75, 3.05) is 5.32 Å². The fourth-order valence-corrected chi connectivity index (χ4v) is 2.44. The van der Waals surface area contributed by atoms with E-state index in [0.717, 1.165) is 10.8 Å². The van der Waals surface area contributed by atoms with Crippen LogP contribution in [0.1, 0.15) is 10.4 Å². The van der Waals surface area contributed by atoms with Crippen molar-refractivity contribution < 1.29 is 9.18 Å². The highest BCUT2D eigenvalue weighted by Gasteiger charge is 2.13. The van der Waals surface area contributed by atoms with Gasteiger partial charge in [0.25, 0.3) is 5.91 Å². The number of rotatable bonds is 2. The third kappa shape index (κ3) is 2.78. The van der Waals surface area contributed by atoms with Gasteiger partial charge in [0.15, 0.2) is 0 Å². The Hall–Kier alpha value is -2.27. The molecule has 3 rings (SSSR count). The Labute approximate surface area is 128 Å². The van der Waals surface area contributed by atoms with Gasteiger partial charge in [0.2, 0.25) is 0 Å². The van der Waals surface area contributed by atoms with Crippen molar-refractivity contribution in [1.29, 1.82) is 0 Å². The van der Waals surface area contributed by atoms with E-state index in [1.165, 1.54) is 12.1 Å². The highest BCUT2D eigenvalue weighted by molar-refractivity contribution is 9.10. The summed E-state index contributed by atoms with van der Waals surface area (Å²) in [5.74, 6) is -1.06. The van der Waals surface area contributed by atoms with Crippen molar-refractivity contribution in [2.45, 2.75) is 0 Å². The lowest BCUT2D eigenvalue weighted by atomic mass is 10.1. The predicted octanol–water partition coefficient (Wildman–Crippen LogP) is 4.39.